The number of aromatic nitrogens is 1. The Hall–Kier alpha value is -2.21. The Balaban J connectivity index is 2.10. The van der Waals surface area contributed by atoms with Crippen LogP contribution in [-0.4, -0.2) is 29.0 Å². The van der Waals surface area contributed by atoms with Crippen molar-refractivity contribution in [3.63, 3.8) is 0 Å². The highest BCUT2D eigenvalue weighted by Crippen LogP contribution is 2.32. The van der Waals surface area contributed by atoms with Crippen molar-refractivity contribution in [2.45, 2.75) is 12.5 Å². The average Bonchev–Trinajstić information content (AvgIpc) is 2.92. The van der Waals surface area contributed by atoms with Gasteiger partial charge in [0.2, 0.25) is 0 Å². The predicted molar refractivity (Wildman–Crippen MR) is 73.3 cm³/mol. The molecule has 2 N–H and O–H groups in total. The standard InChI is InChI=1S/C13H14N4O2/c18-17(19)12-8-15-11-4-2-1-3-10(11)13(12)16-9-5-6-14-7-9/h1-4,8-9,14H,5-7H2,(H,15,16). The van der Waals surface area contributed by atoms with Crippen molar-refractivity contribution in [3.8, 4) is 0 Å². The normalized spacial score (nSPS) is 18.6. The number of benzene rings is 1. The van der Waals surface area contributed by atoms with Gasteiger partial charge < -0.3 is 10.6 Å². The van der Waals surface area contributed by atoms with Gasteiger partial charge in [0.1, 0.15) is 11.9 Å². The lowest BCUT2D eigenvalue weighted by atomic mass is 10.1. The second-order valence-corrected chi connectivity index (χ2v) is 4.63. The lowest BCUT2D eigenvalue weighted by molar-refractivity contribution is -0.384. The highest BCUT2D eigenvalue weighted by Gasteiger charge is 2.22. The maximum Gasteiger partial charge on any atom is 0.311 e. The van der Waals surface area contributed by atoms with Crippen LogP contribution < -0.4 is 10.6 Å². The van der Waals surface area contributed by atoms with Gasteiger partial charge in [-0.3, -0.25) is 10.1 Å². The molecule has 2 aromatic rings. The summed E-state index contributed by atoms with van der Waals surface area (Å²) in [6.07, 6.45) is 2.29. The number of fused-ring (bicyclic) bond motifs is 1. The largest absolute Gasteiger partial charge is 0.375 e. The first-order valence-corrected chi connectivity index (χ1v) is 6.25. The number of nitrogens with zero attached hydrogens (tertiary/aromatic N) is 2. The fourth-order valence-corrected chi connectivity index (χ4v) is 2.40. The molecule has 0 bridgehead atoms. The van der Waals surface area contributed by atoms with Crippen molar-refractivity contribution in [2.75, 3.05) is 18.4 Å². The Labute approximate surface area is 110 Å². The summed E-state index contributed by atoms with van der Waals surface area (Å²) < 4.78 is 0. The number of nitro groups is 1. The van der Waals surface area contributed by atoms with Crippen LogP contribution in [0.25, 0.3) is 10.9 Å². The second-order valence-electron chi connectivity index (χ2n) is 4.63. The molecule has 1 aliphatic heterocycles. The van der Waals surface area contributed by atoms with Gasteiger partial charge >= 0.3 is 5.69 Å². The zero-order chi connectivity index (χ0) is 13.2. The van der Waals surface area contributed by atoms with Crippen LogP contribution in [0.5, 0.6) is 0 Å². The Kier molecular flexibility index (Phi) is 3.00. The van der Waals surface area contributed by atoms with Crippen molar-refractivity contribution in [3.05, 3.63) is 40.6 Å². The number of hydrogen-bond acceptors (Lipinski definition) is 5. The summed E-state index contributed by atoms with van der Waals surface area (Å²) in [5, 5.41) is 18.5. The number of anilines is 1. The van der Waals surface area contributed by atoms with Crippen molar-refractivity contribution in [1.29, 1.82) is 0 Å². The Morgan fingerprint density at radius 2 is 2.26 bits per heavy atom. The molecule has 1 aromatic carbocycles. The maximum atomic E-state index is 11.1. The molecule has 0 spiro atoms. The van der Waals surface area contributed by atoms with Crippen LogP contribution in [0.4, 0.5) is 11.4 Å². The third-order valence-corrected chi connectivity index (χ3v) is 3.36. The van der Waals surface area contributed by atoms with Gasteiger partial charge in [-0.2, -0.15) is 0 Å². The van der Waals surface area contributed by atoms with E-state index in [9.17, 15) is 10.1 Å². The minimum absolute atomic E-state index is 0.0330. The summed E-state index contributed by atoms with van der Waals surface area (Å²) in [6.45, 7) is 1.77. The van der Waals surface area contributed by atoms with Crippen molar-refractivity contribution < 1.29 is 4.92 Å². The van der Waals surface area contributed by atoms with Crippen LogP contribution in [0.1, 0.15) is 6.42 Å². The smallest absolute Gasteiger partial charge is 0.311 e. The fraction of sp³-hybridized carbons (Fsp3) is 0.308. The van der Waals surface area contributed by atoms with Gasteiger partial charge in [-0.25, -0.2) is 4.98 Å². The zero-order valence-electron chi connectivity index (χ0n) is 10.3. The summed E-state index contributed by atoms with van der Waals surface area (Å²) in [4.78, 5) is 14.9. The Morgan fingerprint density at radius 1 is 1.42 bits per heavy atom. The second kappa shape index (κ2) is 4.81. The van der Waals surface area contributed by atoms with Crippen LogP contribution in [-0.2, 0) is 0 Å². The fourth-order valence-electron chi connectivity index (χ4n) is 2.40. The zero-order valence-corrected chi connectivity index (χ0v) is 10.3. The minimum Gasteiger partial charge on any atom is -0.375 e. The van der Waals surface area contributed by atoms with E-state index in [-0.39, 0.29) is 16.7 Å². The SMILES string of the molecule is O=[N+]([O-])c1cnc2ccccc2c1NC1CCNC1. The van der Waals surface area contributed by atoms with Crippen molar-refractivity contribution >= 4 is 22.3 Å². The van der Waals surface area contributed by atoms with Crippen LogP contribution in [0.15, 0.2) is 30.5 Å². The van der Waals surface area contributed by atoms with E-state index < -0.39 is 0 Å². The molecule has 0 amide bonds. The number of rotatable bonds is 3. The monoisotopic (exact) mass is 258 g/mol. The van der Waals surface area contributed by atoms with Gasteiger partial charge in [0.25, 0.3) is 0 Å². The van der Waals surface area contributed by atoms with Crippen LogP contribution >= 0.6 is 0 Å². The molecule has 1 aliphatic rings. The summed E-state index contributed by atoms with van der Waals surface area (Å²) in [5.41, 5.74) is 1.37. The minimum atomic E-state index is -0.385. The molecule has 1 atom stereocenters. The summed E-state index contributed by atoms with van der Waals surface area (Å²) in [7, 11) is 0. The topological polar surface area (TPSA) is 80.1 Å². The number of nitrogens with one attached hydrogen (secondary N) is 2. The Morgan fingerprint density at radius 3 is 3.00 bits per heavy atom. The number of para-hydroxylation sites is 1. The van der Waals surface area contributed by atoms with Crippen LogP contribution in [0, 0.1) is 10.1 Å². The van der Waals surface area contributed by atoms with Gasteiger partial charge in [-0.1, -0.05) is 18.2 Å². The lowest BCUT2D eigenvalue weighted by Crippen LogP contribution is -2.22. The first-order chi connectivity index (χ1) is 9.25. The molecule has 0 saturated carbocycles. The molecule has 1 unspecified atom stereocenters. The summed E-state index contributed by atoms with van der Waals surface area (Å²) >= 11 is 0. The molecule has 2 heterocycles. The van der Waals surface area contributed by atoms with Crippen LogP contribution in [0.2, 0.25) is 0 Å². The quantitative estimate of drug-likeness (QED) is 0.649. The lowest BCUT2D eigenvalue weighted by Gasteiger charge is -2.14. The highest BCUT2D eigenvalue weighted by atomic mass is 16.6. The molecular formula is C13H14N4O2. The molecule has 6 heteroatoms. The van der Waals surface area contributed by atoms with E-state index >= 15 is 0 Å². The molecular weight excluding hydrogens is 244 g/mol. The molecule has 1 fully saturated rings. The van der Waals surface area contributed by atoms with E-state index in [1.165, 1.54) is 6.20 Å². The average molecular weight is 258 g/mol. The molecule has 0 aliphatic carbocycles. The van der Waals surface area contributed by atoms with E-state index in [0.717, 1.165) is 30.4 Å². The van der Waals surface area contributed by atoms with Crippen molar-refractivity contribution in [1.82, 2.24) is 10.3 Å². The van der Waals surface area contributed by atoms with E-state index in [2.05, 4.69) is 15.6 Å². The first-order valence-electron chi connectivity index (χ1n) is 6.25. The molecule has 19 heavy (non-hydrogen) atoms. The first kappa shape index (κ1) is 11.9. The van der Waals surface area contributed by atoms with E-state index in [4.69, 9.17) is 0 Å². The molecule has 1 aromatic heterocycles. The molecule has 3 rings (SSSR count). The summed E-state index contributed by atoms with van der Waals surface area (Å²) in [6, 6.07) is 7.69. The third kappa shape index (κ3) is 2.22. The third-order valence-electron chi connectivity index (χ3n) is 3.36. The Bertz CT molecular complexity index is 623. The maximum absolute atomic E-state index is 11.1. The summed E-state index contributed by atoms with van der Waals surface area (Å²) in [5.74, 6) is 0. The molecule has 1 saturated heterocycles. The van der Waals surface area contributed by atoms with E-state index in [1.54, 1.807) is 0 Å². The van der Waals surface area contributed by atoms with Gasteiger partial charge in [0.05, 0.1) is 10.4 Å². The van der Waals surface area contributed by atoms with Crippen LogP contribution in [0.3, 0.4) is 0 Å². The number of pyridine rings is 1. The van der Waals surface area contributed by atoms with E-state index in [0.29, 0.717) is 5.69 Å². The molecule has 98 valence electrons. The van der Waals surface area contributed by atoms with Gasteiger partial charge in [0, 0.05) is 18.0 Å². The van der Waals surface area contributed by atoms with E-state index in [1.807, 2.05) is 24.3 Å². The molecule has 0 radical (unpaired) electrons. The van der Waals surface area contributed by atoms with Gasteiger partial charge in [0.15, 0.2) is 0 Å². The predicted octanol–water partition coefficient (Wildman–Crippen LogP) is 1.92. The number of hydrogen-bond donors (Lipinski definition) is 2. The molecule has 6 nitrogen and oxygen atoms in total. The van der Waals surface area contributed by atoms with Gasteiger partial charge in [-0.15, -0.1) is 0 Å². The van der Waals surface area contributed by atoms with Gasteiger partial charge in [-0.05, 0) is 19.0 Å². The highest BCUT2D eigenvalue weighted by molar-refractivity contribution is 5.95. The van der Waals surface area contributed by atoms with Crippen molar-refractivity contribution in [2.24, 2.45) is 0 Å².